The van der Waals surface area contributed by atoms with Gasteiger partial charge in [-0.1, -0.05) is 60.1 Å². The van der Waals surface area contributed by atoms with E-state index in [1.54, 1.807) is 6.92 Å². The van der Waals surface area contributed by atoms with Crippen LogP contribution in [0.5, 0.6) is 0 Å². The number of ether oxygens (including phenoxy) is 1. The minimum atomic E-state index is -1.27. The Labute approximate surface area is 206 Å². The van der Waals surface area contributed by atoms with Gasteiger partial charge in [-0.15, -0.1) is 0 Å². The fourth-order valence-corrected chi connectivity index (χ4v) is 6.50. The zero-order chi connectivity index (χ0) is 24.5. The van der Waals surface area contributed by atoms with Crippen LogP contribution in [0.1, 0.15) is 45.5 Å². The van der Waals surface area contributed by atoms with Gasteiger partial charge in [0.1, 0.15) is 6.29 Å². The fraction of sp³-hybridized carbons (Fsp3) is 0.214. The van der Waals surface area contributed by atoms with E-state index < -0.39 is 35.0 Å². The second-order valence-electron chi connectivity index (χ2n) is 9.04. The molecule has 1 saturated heterocycles. The number of hydrogen-bond acceptors (Lipinski definition) is 5. The first-order valence-corrected chi connectivity index (χ1v) is 11.8. The molecule has 2 amide bonds. The summed E-state index contributed by atoms with van der Waals surface area (Å²) in [6, 6.07) is 19.5. The van der Waals surface area contributed by atoms with E-state index in [-0.39, 0.29) is 28.8 Å². The van der Waals surface area contributed by atoms with Crippen molar-refractivity contribution in [1.29, 1.82) is 0 Å². The Balaban J connectivity index is 1.55. The molecule has 174 valence electrons. The lowest BCUT2D eigenvalue weighted by atomic mass is 9.48. The van der Waals surface area contributed by atoms with Gasteiger partial charge in [0.2, 0.25) is 11.8 Å². The largest absolute Gasteiger partial charge is 0.462 e. The molecular weight excluding hydrogens is 466 g/mol. The maximum Gasteiger partial charge on any atom is 0.339 e. The van der Waals surface area contributed by atoms with Crippen molar-refractivity contribution in [3.05, 3.63) is 99.6 Å². The van der Waals surface area contributed by atoms with E-state index in [0.29, 0.717) is 0 Å². The highest BCUT2D eigenvalue weighted by Gasteiger charge is 2.68. The van der Waals surface area contributed by atoms with Crippen LogP contribution in [-0.4, -0.2) is 30.7 Å². The summed E-state index contributed by atoms with van der Waals surface area (Å²) >= 11 is 6.22. The molecule has 0 radical (unpaired) electrons. The van der Waals surface area contributed by atoms with Crippen molar-refractivity contribution < 1.29 is 23.9 Å². The van der Waals surface area contributed by atoms with Gasteiger partial charge < -0.3 is 9.53 Å². The lowest BCUT2D eigenvalue weighted by Gasteiger charge is -2.51. The Bertz CT molecular complexity index is 1400. The number of benzene rings is 3. The Morgan fingerprint density at radius 2 is 1.63 bits per heavy atom. The van der Waals surface area contributed by atoms with E-state index >= 15 is 0 Å². The molecule has 2 atom stereocenters. The third kappa shape index (κ3) is 2.66. The van der Waals surface area contributed by atoms with Crippen LogP contribution in [0, 0.1) is 11.8 Å². The predicted molar refractivity (Wildman–Crippen MR) is 128 cm³/mol. The van der Waals surface area contributed by atoms with Crippen LogP contribution in [0.25, 0.3) is 0 Å². The monoisotopic (exact) mass is 485 g/mol. The smallest absolute Gasteiger partial charge is 0.339 e. The molecule has 0 unspecified atom stereocenters. The first-order chi connectivity index (χ1) is 17.0. The number of carbonyl (C=O) groups is 4. The second-order valence-corrected chi connectivity index (χ2v) is 9.45. The third-order valence-electron chi connectivity index (χ3n) is 7.57. The van der Waals surface area contributed by atoms with E-state index in [0.717, 1.165) is 33.4 Å². The summed E-state index contributed by atoms with van der Waals surface area (Å²) in [6.07, 6.45) is 0.832. The Morgan fingerprint density at radius 1 is 1.00 bits per heavy atom. The van der Waals surface area contributed by atoms with Crippen LogP contribution in [0.2, 0.25) is 5.02 Å². The zero-order valence-corrected chi connectivity index (χ0v) is 19.5. The molecule has 0 saturated carbocycles. The van der Waals surface area contributed by atoms with Crippen LogP contribution in [0.4, 0.5) is 5.69 Å². The lowest BCUT2D eigenvalue weighted by molar-refractivity contribution is -0.128. The van der Waals surface area contributed by atoms with Gasteiger partial charge in [0.15, 0.2) is 0 Å². The molecule has 3 aliphatic carbocycles. The van der Waals surface area contributed by atoms with Crippen molar-refractivity contribution >= 4 is 41.4 Å². The minimum absolute atomic E-state index is 0.0705. The van der Waals surface area contributed by atoms with Crippen molar-refractivity contribution in [2.45, 2.75) is 18.3 Å². The molecule has 3 aromatic carbocycles. The van der Waals surface area contributed by atoms with Gasteiger partial charge in [-0.3, -0.25) is 9.59 Å². The summed E-state index contributed by atoms with van der Waals surface area (Å²) in [5.74, 6) is -3.47. The quantitative estimate of drug-likeness (QED) is 0.313. The number of aldehydes is 1. The highest BCUT2D eigenvalue weighted by Crippen LogP contribution is 2.63. The summed E-state index contributed by atoms with van der Waals surface area (Å²) < 4.78 is 5.08. The van der Waals surface area contributed by atoms with E-state index in [9.17, 15) is 19.2 Å². The Morgan fingerprint density at radius 3 is 2.23 bits per heavy atom. The van der Waals surface area contributed by atoms with Gasteiger partial charge in [0, 0.05) is 5.92 Å². The number of halogens is 1. The summed E-state index contributed by atoms with van der Waals surface area (Å²) in [7, 11) is 0. The summed E-state index contributed by atoms with van der Waals surface area (Å²) in [5, 5.41) is 0.160. The average Bonchev–Trinajstić information content (AvgIpc) is 3.15. The van der Waals surface area contributed by atoms with Crippen molar-refractivity contribution in [2.24, 2.45) is 11.8 Å². The molecule has 7 heteroatoms. The van der Waals surface area contributed by atoms with Crippen LogP contribution < -0.4 is 4.90 Å². The molecule has 2 bridgehead atoms. The molecule has 35 heavy (non-hydrogen) atoms. The van der Waals surface area contributed by atoms with Gasteiger partial charge in [-0.2, -0.15) is 0 Å². The first-order valence-electron chi connectivity index (χ1n) is 11.4. The number of amides is 2. The van der Waals surface area contributed by atoms with Gasteiger partial charge in [-0.05, 0) is 47.4 Å². The van der Waals surface area contributed by atoms with E-state index in [1.807, 2.05) is 48.5 Å². The molecular formula is C28H20ClNO5. The topological polar surface area (TPSA) is 80.8 Å². The normalized spacial score (nSPS) is 25.7. The van der Waals surface area contributed by atoms with Crippen LogP contribution in [0.15, 0.2) is 66.7 Å². The number of imide groups is 1. The number of esters is 1. The molecule has 3 aromatic rings. The number of anilines is 1. The molecule has 1 heterocycles. The number of rotatable bonds is 4. The SMILES string of the molecule is CCOC(=O)c1cc(N2C(=O)[C@@H]3C4c5ccccc5C(C=O)(c5ccccc54)[C@H]3C2=O)ccc1Cl. The Hall–Kier alpha value is -3.77. The molecule has 7 rings (SSSR count). The van der Waals surface area contributed by atoms with Crippen LogP contribution >= 0.6 is 11.6 Å². The Kier molecular flexibility index (Phi) is 4.73. The number of hydrogen-bond donors (Lipinski definition) is 0. The minimum Gasteiger partial charge on any atom is -0.462 e. The maximum atomic E-state index is 14.0. The van der Waals surface area contributed by atoms with Crippen LogP contribution in [0.3, 0.4) is 0 Å². The molecule has 1 aliphatic heterocycles. The highest BCUT2D eigenvalue weighted by atomic mass is 35.5. The van der Waals surface area contributed by atoms with Gasteiger partial charge in [0.05, 0.1) is 40.1 Å². The standard InChI is InChI=1S/C28H20ClNO5/c1-2-35-27(34)18-13-15(11-12-21(18)29)30-25(32)23-22-16-7-3-5-9-19(16)28(14-31,24(23)26(30)33)20-10-6-4-8-17(20)22/h3-14,22-24H,2H2,1H3/t22?,23-,24-,28?/m1/s1. The average molecular weight is 486 g/mol. The van der Waals surface area contributed by atoms with Gasteiger partial charge in [0.25, 0.3) is 0 Å². The summed E-state index contributed by atoms with van der Waals surface area (Å²) in [5.41, 5.74) is 2.36. The molecule has 4 aliphatic rings. The molecule has 0 N–H and O–H groups in total. The molecule has 0 spiro atoms. The van der Waals surface area contributed by atoms with Gasteiger partial charge >= 0.3 is 5.97 Å². The predicted octanol–water partition coefficient (Wildman–Crippen LogP) is 4.27. The zero-order valence-electron chi connectivity index (χ0n) is 18.7. The van der Waals surface area contributed by atoms with Crippen molar-refractivity contribution in [3.63, 3.8) is 0 Å². The molecule has 6 nitrogen and oxygen atoms in total. The van der Waals surface area contributed by atoms with E-state index in [2.05, 4.69) is 0 Å². The van der Waals surface area contributed by atoms with Crippen molar-refractivity contribution in [1.82, 2.24) is 0 Å². The number of nitrogens with zero attached hydrogens (tertiary/aromatic N) is 1. The maximum absolute atomic E-state index is 14.0. The van der Waals surface area contributed by atoms with Crippen molar-refractivity contribution in [2.75, 3.05) is 11.5 Å². The summed E-state index contributed by atoms with van der Waals surface area (Å²) in [6.45, 7) is 1.84. The number of carbonyl (C=O) groups excluding carboxylic acids is 4. The van der Waals surface area contributed by atoms with Gasteiger partial charge in [-0.25, -0.2) is 9.69 Å². The van der Waals surface area contributed by atoms with E-state index in [4.69, 9.17) is 16.3 Å². The highest BCUT2D eigenvalue weighted by molar-refractivity contribution is 6.34. The van der Waals surface area contributed by atoms with Crippen LogP contribution in [-0.2, 0) is 24.5 Å². The summed E-state index contributed by atoms with van der Waals surface area (Å²) in [4.78, 5) is 54.5. The fourth-order valence-electron chi connectivity index (χ4n) is 6.30. The molecule has 0 aromatic heterocycles. The van der Waals surface area contributed by atoms with E-state index in [1.165, 1.54) is 18.2 Å². The third-order valence-corrected chi connectivity index (χ3v) is 7.90. The van der Waals surface area contributed by atoms with Crippen molar-refractivity contribution in [3.8, 4) is 0 Å². The first kappa shape index (κ1) is 21.7. The second kappa shape index (κ2) is 7.62. The lowest BCUT2D eigenvalue weighted by Crippen LogP contribution is -2.54. The molecule has 1 fully saturated rings.